The van der Waals surface area contributed by atoms with Crippen LogP contribution in [-0.4, -0.2) is 4.98 Å². The second-order valence-corrected chi connectivity index (χ2v) is 5.45. The lowest BCUT2D eigenvalue weighted by atomic mass is 10.0. The van der Waals surface area contributed by atoms with E-state index in [1.54, 1.807) is 0 Å². The lowest BCUT2D eigenvalue weighted by molar-refractivity contribution is 0.574. The normalized spacial score (nSPS) is 12.5. The Hall–Kier alpha value is -2.19. The number of rotatable bonds is 4. The summed E-state index contributed by atoms with van der Waals surface area (Å²) < 4.78 is 0. The van der Waals surface area contributed by atoms with Crippen molar-refractivity contribution in [3.05, 3.63) is 77.5 Å². The Morgan fingerprint density at radius 3 is 2.62 bits per heavy atom. The number of benzene rings is 2. The van der Waals surface area contributed by atoms with Gasteiger partial charge in [0.25, 0.3) is 0 Å². The fourth-order valence-electron chi connectivity index (χ4n) is 2.75. The zero-order valence-electron chi connectivity index (χ0n) is 12.5. The molecule has 2 nitrogen and oxygen atoms in total. The van der Waals surface area contributed by atoms with E-state index in [1.165, 1.54) is 22.1 Å². The van der Waals surface area contributed by atoms with Crippen LogP contribution in [0.2, 0.25) is 0 Å². The molecule has 2 aromatic carbocycles. The third-order valence-electron chi connectivity index (χ3n) is 3.99. The summed E-state index contributed by atoms with van der Waals surface area (Å²) in [6.45, 7) is 5.22. The Balaban J connectivity index is 1.79. The smallest absolute Gasteiger partial charge is 0.0705 e. The van der Waals surface area contributed by atoms with Gasteiger partial charge in [-0.05, 0) is 42.7 Å². The molecule has 0 aliphatic heterocycles. The Labute approximate surface area is 125 Å². The van der Waals surface area contributed by atoms with Crippen molar-refractivity contribution in [3.63, 3.8) is 0 Å². The predicted octanol–water partition coefficient (Wildman–Crippen LogP) is 4.39. The molecular weight excluding hydrogens is 256 g/mol. The summed E-state index contributed by atoms with van der Waals surface area (Å²) in [6.07, 6.45) is 1.89. The first kappa shape index (κ1) is 13.8. The number of pyridine rings is 1. The van der Waals surface area contributed by atoms with Crippen LogP contribution in [0.15, 0.2) is 60.8 Å². The topological polar surface area (TPSA) is 24.9 Å². The van der Waals surface area contributed by atoms with Gasteiger partial charge in [0.1, 0.15) is 0 Å². The van der Waals surface area contributed by atoms with Gasteiger partial charge in [-0.2, -0.15) is 0 Å². The Kier molecular flexibility index (Phi) is 3.98. The second-order valence-electron chi connectivity index (χ2n) is 5.45. The van der Waals surface area contributed by atoms with Gasteiger partial charge in [0.15, 0.2) is 0 Å². The molecule has 0 bridgehead atoms. The van der Waals surface area contributed by atoms with E-state index in [1.807, 2.05) is 12.3 Å². The van der Waals surface area contributed by atoms with Gasteiger partial charge >= 0.3 is 0 Å². The molecule has 2 heteroatoms. The van der Waals surface area contributed by atoms with Gasteiger partial charge < -0.3 is 5.32 Å². The van der Waals surface area contributed by atoms with E-state index >= 15 is 0 Å². The maximum atomic E-state index is 4.41. The zero-order chi connectivity index (χ0) is 14.7. The van der Waals surface area contributed by atoms with Gasteiger partial charge in [0.05, 0.1) is 5.52 Å². The number of hydrogen-bond donors (Lipinski definition) is 1. The van der Waals surface area contributed by atoms with E-state index in [9.17, 15) is 0 Å². The van der Waals surface area contributed by atoms with Gasteiger partial charge in [0.2, 0.25) is 0 Å². The van der Waals surface area contributed by atoms with Crippen LogP contribution in [-0.2, 0) is 6.54 Å². The van der Waals surface area contributed by atoms with Crippen LogP contribution in [0.5, 0.6) is 0 Å². The van der Waals surface area contributed by atoms with E-state index in [-0.39, 0.29) is 0 Å². The first-order chi connectivity index (χ1) is 10.3. The molecule has 3 aromatic rings. The van der Waals surface area contributed by atoms with Crippen LogP contribution in [0, 0.1) is 6.92 Å². The Bertz CT molecular complexity index is 744. The zero-order valence-corrected chi connectivity index (χ0v) is 12.5. The molecule has 0 aliphatic rings. The van der Waals surface area contributed by atoms with Crippen molar-refractivity contribution in [1.29, 1.82) is 0 Å². The summed E-state index contributed by atoms with van der Waals surface area (Å²) in [7, 11) is 0. The monoisotopic (exact) mass is 276 g/mol. The van der Waals surface area contributed by atoms with Crippen LogP contribution >= 0.6 is 0 Å². The molecule has 1 N–H and O–H groups in total. The number of aryl methyl sites for hydroxylation is 1. The summed E-state index contributed by atoms with van der Waals surface area (Å²) >= 11 is 0. The summed E-state index contributed by atoms with van der Waals surface area (Å²) in [4.78, 5) is 4.41. The average molecular weight is 276 g/mol. The number of nitrogens with one attached hydrogen (secondary N) is 1. The van der Waals surface area contributed by atoms with Crippen molar-refractivity contribution in [2.24, 2.45) is 0 Å². The van der Waals surface area contributed by atoms with E-state index in [2.05, 4.69) is 72.7 Å². The third-order valence-corrected chi connectivity index (χ3v) is 3.99. The maximum Gasteiger partial charge on any atom is 0.0705 e. The molecule has 0 radical (unpaired) electrons. The maximum absolute atomic E-state index is 4.41. The lowest BCUT2D eigenvalue weighted by Crippen LogP contribution is -2.19. The molecule has 106 valence electrons. The molecule has 3 rings (SSSR count). The molecule has 1 heterocycles. The number of hydrogen-bond acceptors (Lipinski definition) is 2. The van der Waals surface area contributed by atoms with Gasteiger partial charge in [-0.3, -0.25) is 4.98 Å². The average Bonchev–Trinajstić information content (AvgIpc) is 2.53. The van der Waals surface area contributed by atoms with E-state index in [0.29, 0.717) is 6.04 Å². The van der Waals surface area contributed by atoms with E-state index in [4.69, 9.17) is 0 Å². The first-order valence-corrected chi connectivity index (χ1v) is 7.37. The van der Waals surface area contributed by atoms with Crippen molar-refractivity contribution in [2.75, 3.05) is 0 Å². The minimum Gasteiger partial charge on any atom is -0.306 e. The van der Waals surface area contributed by atoms with Crippen LogP contribution in [0.25, 0.3) is 10.9 Å². The molecule has 0 aliphatic carbocycles. The molecule has 1 aromatic heterocycles. The first-order valence-electron chi connectivity index (χ1n) is 7.37. The number of fused-ring (bicyclic) bond motifs is 1. The highest BCUT2D eigenvalue weighted by Crippen LogP contribution is 2.20. The summed E-state index contributed by atoms with van der Waals surface area (Å²) in [5, 5.41) is 4.85. The minimum atomic E-state index is 0.332. The van der Waals surface area contributed by atoms with Crippen LogP contribution in [0.1, 0.15) is 29.7 Å². The highest BCUT2D eigenvalue weighted by Gasteiger charge is 2.08. The molecule has 0 spiro atoms. The van der Waals surface area contributed by atoms with Crippen LogP contribution < -0.4 is 5.32 Å². The van der Waals surface area contributed by atoms with Crippen molar-refractivity contribution < 1.29 is 0 Å². The molecule has 1 atom stereocenters. The fraction of sp³-hybridized carbons (Fsp3) is 0.211. The van der Waals surface area contributed by atoms with Gasteiger partial charge in [0, 0.05) is 24.2 Å². The number of nitrogens with zero attached hydrogens (tertiary/aromatic N) is 1. The third kappa shape index (κ3) is 2.96. The lowest BCUT2D eigenvalue weighted by Gasteiger charge is -2.17. The summed E-state index contributed by atoms with van der Waals surface area (Å²) in [5.74, 6) is 0. The molecule has 21 heavy (non-hydrogen) atoms. The van der Waals surface area contributed by atoms with Crippen LogP contribution in [0.3, 0.4) is 0 Å². The van der Waals surface area contributed by atoms with Crippen molar-refractivity contribution in [1.82, 2.24) is 10.3 Å². The van der Waals surface area contributed by atoms with Crippen LogP contribution in [0.4, 0.5) is 0 Å². The predicted molar refractivity (Wildman–Crippen MR) is 88.2 cm³/mol. The molecule has 0 amide bonds. The molecule has 0 saturated carbocycles. The van der Waals surface area contributed by atoms with Crippen molar-refractivity contribution in [3.8, 4) is 0 Å². The standard InChI is InChI=1S/C19H20N2/c1-14-7-3-4-8-17(14)15(2)21-13-16-11-12-20-19-10-6-5-9-18(16)19/h3-12,15,21H,13H2,1-2H3. The molecule has 0 fully saturated rings. The summed E-state index contributed by atoms with van der Waals surface area (Å²) in [6, 6.07) is 19.3. The highest BCUT2D eigenvalue weighted by molar-refractivity contribution is 5.81. The highest BCUT2D eigenvalue weighted by atomic mass is 14.9. The van der Waals surface area contributed by atoms with Gasteiger partial charge in [-0.1, -0.05) is 42.5 Å². The number of para-hydroxylation sites is 1. The Morgan fingerprint density at radius 2 is 1.76 bits per heavy atom. The molecule has 1 unspecified atom stereocenters. The molecule has 0 saturated heterocycles. The molecular formula is C19H20N2. The van der Waals surface area contributed by atoms with E-state index < -0.39 is 0 Å². The SMILES string of the molecule is Cc1ccccc1C(C)NCc1ccnc2ccccc12. The second kappa shape index (κ2) is 6.06. The quantitative estimate of drug-likeness (QED) is 0.764. The van der Waals surface area contributed by atoms with Crippen molar-refractivity contribution in [2.45, 2.75) is 26.4 Å². The van der Waals surface area contributed by atoms with Gasteiger partial charge in [-0.15, -0.1) is 0 Å². The summed E-state index contributed by atoms with van der Waals surface area (Å²) in [5.41, 5.74) is 5.04. The fourth-order valence-corrected chi connectivity index (χ4v) is 2.75. The Morgan fingerprint density at radius 1 is 1.00 bits per heavy atom. The minimum absolute atomic E-state index is 0.332. The van der Waals surface area contributed by atoms with Gasteiger partial charge in [-0.25, -0.2) is 0 Å². The van der Waals surface area contributed by atoms with Crippen molar-refractivity contribution >= 4 is 10.9 Å². The van der Waals surface area contributed by atoms with E-state index in [0.717, 1.165) is 12.1 Å². The number of aromatic nitrogens is 1. The largest absolute Gasteiger partial charge is 0.306 e.